The summed E-state index contributed by atoms with van der Waals surface area (Å²) in [6.07, 6.45) is 2.97. The van der Waals surface area contributed by atoms with E-state index in [0.717, 1.165) is 22.5 Å². The van der Waals surface area contributed by atoms with Crippen LogP contribution in [-0.4, -0.2) is 42.3 Å². The molecule has 1 aromatic heterocycles. The van der Waals surface area contributed by atoms with E-state index in [4.69, 9.17) is 18.6 Å². The Hall–Kier alpha value is -4.50. The first-order valence-corrected chi connectivity index (χ1v) is 12.1. The van der Waals surface area contributed by atoms with E-state index in [-0.39, 0.29) is 40.6 Å². The zero-order valence-electron chi connectivity index (χ0n) is 19.7. The van der Waals surface area contributed by atoms with Crippen molar-refractivity contribution in [1.82, 2.24) is 4.90 Å². The van der Waals surface area contributed by atoms with Gasteiger partial charge in [-0.25, -0.2) is 4.79 Å². The number of benzene rings is 3. The van der Waals surface area contributed by atoms with Crippen LogP contribution in [0.1, 0.15) is 16.1 Å². The maximum absolute atomic E-state index is 12.9. The Kier molecular flexibility index (Phi) is 6.96. The number of amides is 2. The monoisotopic (exact) mass is 515 g/mol. The summed E-state index contributed by atoms with van der Waals surface area (Å²) in [6.45, 7) is 0.291. The second-order valence-corrected chi connectivity index (χ2v) is 8.93. The first kappa shape index (κ1) is 24.2. The number of hydrogen-bond donors (Lipinski definition) is 0. The van der Waals surface area contributed by atoms with Crippen molar-refractivity contribution in [3.63, 3.8) is 0 Å². The van der Waals surface area contributed by atoms with Gasteiger partial charge in [-0.1, -0.05) is 42.5 Å². The van der Waals surface area contributed by atoms with Crippen LogP contribution in [0.4, 0.5) is 4.79 Å². The van der Waals surface area contributed by atoms with Crippen LogP contribution in [-0.2, 0) is 4.79 Å². The number of carbonyl (C=O) groups is 3. The van der Waals surface area contributed by atoms with E-state index in [0.29, 0.717) is 11.3 Å². The molecule has 0 bridgehead atoms. The Morgan fingerprint density at radius 1 is 0.973 bits per heavy atom. The second-order valence-electron chi connectivity index (χ2n) is 7.94. The van der Waals surface area contributed by atoms with E-state index in [1.165, 1.54) is 24.3 Å². The van der Waals surface area contributed by atoms with Crippen molar-refractivity contribution in [2.24, 2.45) is 0 Å². The number of imide groups is 1. The van der Waals surface area contributed by atoms with Gasteiger partial charge in [0.1, 0.15) is 12.4 Å². The average Bonchev–Trinajstić information content (AvgIpc) is 3.54. The molecule has 0 atom stereocenters. The van der Waals surface area contributed by atoms with Crippen molar-refractivity contribution < 1.29 is 33.0 Å². The Bertz CT molecular complexity index is 1510. The van der Waals surface area contributed by atoms with Crippen LogP contribution in [0.25, 0.3) is 16.8 Å². The third-order valence-electron chi connectivity index (χ3n) is 5.61. The Labute approximate surface area is 216 Å². The van der Waals surface area contributed by atoms with Gasteiger partial charge in [0.15, 0.2) is 11.5 Å². The summed E-state index contributed by atoms with van der Waals surface area (Å²) in [7, 11) is 1.44. The standard InChI is InChI=1S/C28H21NO7S/c1-33-24-16-18(11-12-22(24)36-27(31)23-10-5-14-34-23)17-25-26(30)29(28(32)37-25)13-15-35-21-9-4-7-19-6-2-3-8-20(19)21/h2-12,14,16-17H,13,15H2,1H3/b25-17-. The molecule has 0 radical (unpaired) electrons. The van der Waals surface area contributed by atoms with E-state index < -0.39 is 11.9 Å². The third kappa shape index (κ3) is 5.22. The molecule has 1 aliphatic heterocycles. The molecular formula is C28H21NO7S. The molecule has 9 heteroatoms. The van der Waals surface area contributed by atoms with Gasteiger partial charge in [-0.2, -0.15) is 0 Å². The zero-order chi connectivity index (χ0) is 25.8. The molecular weight excluding hydrogens is 494 g/mol. The quantitative estimate of drug-likeness (QED) is 0.166. The molecule has 1 saturated heterocycles. The van der Waals surface area contributed by atoms with Gasteiger partial charge in [-0.3, -0.25) is 14.5 Å². The SMILES string of the molecule is COc1cc(/C=C2\SC(=O)N(CCOc3cccc4ccccc34)C2=O)ccc1OC(=O)c1ccco1. The molecule has 8 nitrogen and oxygen atoms in total. The van der Waals surface area contributed by atoms with E-state index in [9.17, 15) is 14.4 Å². The molecule has 0 N–H and O–H groups in total. The van der Waals surface area contributed by atoms with Crippen LogP contribution in [0, 0.1) is 0 Å². The van der Waals surface area contributed by atoms with Gasteiger partial charge in [-0.05, 0) is 59.1 Å². The maximum Gasteiger partial charge on any atom is 0.379 e. The Morgan fingerprint density at radius 3 is 2.62 bits per heavy atom. The van der Waals surface area contributed by atoms with Gasteiger partial charge in [-0.15, -0.1) is 0 Å². The second kappa shape index (κ2) is 10.6. The number of furan rings is 1. The first-order valence-electron chi connectivity index (χ1n) is 11.3. The summed E-state index contributed by atoms with van der Waals surface area (Å²) in [5.41, 5.74) is 0.604. The molecule has 37 heavy (non-hydrogen) atoms. The molecule has 186 valence electrons. The Balaban J connectivity index is 1.25. The number of thioether (sulfide) groups is 1. The van der Waals surface area contributed by atoms with E-state index in [1.807, 2.05) is 42.5 Å². The van der Waals surface area contributed by atoms with Crippen LogP contribution in [0.2, 0.25) is 0 Å². The van der Waals surface area contributed by atoms with Gasteiger partial charge < -0.3 is 18.6 Å². The molecule has 3 aromatic carbocycles. The van der Waals surface area contributed by atoms with Crippen molar-refractivity contribution in [3.05, 3.63) is 95.3 Å². The lowest BCUT2D eigenvalue weighted by molar-refractivity contribution is -0.123. The smallest absolute Gasteiger partial charge is 0.379 e. The minimum atomic E-state index is -0.664. The first-order chi connectivity index (χ1) is 18.0. The highest BCUT2D eigenvalue weighted by atomic mass is 32.2. The number of ether oxygens (including phenoxy) is 3. The molecule has 2 heterocycles. The largest absolute Gasteiger partial charge is 0.493 e. The molecule has 0 saturated carbocycles. The summed E-state index contributed by atoms with van der Waals surface area (Å²) in [4.78, 5) is 39.1. The summed E-state index contributed by atoms with van der Waals surface area (Å²) in [5.74, 6) is 0.174. The number of rotatable bonds is 8. The predicted octanol–water partition coefficient (Wildman–Crippen LogP) is 5.78. The van der Waals surface area contributed by atoms with E-state index in [1.54, 1.807) is 30.3 Å². The van der Waals surface area contributed by atoms with Crippen molar-refractivity contribution in [3.8, 4) is 17.2 Å². The number of esters is 1. The minimum absolute atomic E-state index is 0.0595. The number of hydrogen-bond acceptors (Lipinski definition) is 8. The van der Waals surface area contributed by atoms with Crippen LogP contribution >= 0.6 is 11.8 Å². The van der Waals surface area contributed by atoms with Gasteiger partial charge >= 0.3 is 5.97 Å². The summed E-state index contributed by atoms with van der Waals surface area (Å²) in [5, 5.41) is 1.64. The minimum Gasteiger partial charge on any atom is -0.493 e. The lowest BCUT2D eigenvalue weighted by atomic mass is 10.1. The maximum atomic E-state index is 12.9. The number of carbonyl (C=O) groups excluding carboxylic acids is 3. The van der Waals surface area contributed by atoms with Gasteiger partial charge in [0.25, 0.3) is 11.1 Å². The fraction of sp³-hybridized carbons (Fsp3) is 0.107. The van der Waals surface area contributed by atoms with E-state index >= 15 is 0 Å². The summed E-state index contributed by atoms with van der Waals surface area (Å²) >= 11 is 0.856. The highest BCUT2D eigenvalue weighted by molar-refractivity contribution is 8.18. The molecule has 4 aromatic rings. The molecule has 0 unspecified atom stereocenters. The van der Waals surface area contributed by atoms with Gasteiger partial charge in [0.2, 0.25) is 5.76 Å². The Morgan fingerprint density at radius 2 is 1.81 bits per heavy atom. The summed E-state index contributed by atoms with van der Waals surface area (Å²) in [6, 6.07) is 21.5. The van der Waals surface area contributed by atoms with Crippen molar-refractivity contribution in [1.29, 1.82) is 0 Å². The van der Waals surface area contributed by atoms with Gasteiger partial charge in [0, 0.05) is 5.39 Å². The molecule has 1 fully saturated rings. The third-order valence-corrected chi connectivity index (χ3v) is 6.51. The van der Waals surface area contributed by atoms with Crippen molar-refractivity contribution in [2.75, 3.05) is 20.3 Å². The fourth-order valence-electron chi connectivity index (χ4n) is 3.82. The molecule has 0 aliphatic carbocycles. The van der Waals surface area contributed by atoms with Crippen LogP contribution < -0.4 is 14.2 Å². The fourth-order valence-corrected chi connectivity index (χ4v) is 4.68. The number of fused-ring (bicyclic) bond motifs is 1. The van der Waals surface area contributed by atoms with E-state index in [2.05, 4.69) is 0 Å². The number of methoxy groups -OCH3 is 1. The van der Waals surface area contributed by atoms with Gasteiger partial charge in [0.05, 0.1) is 24.8 Å². The van der Waals surface area contributed by atoms with Crippen molar-refractivity contribution >= 4 is 45.7 Å². The van der Waals surface area contributed by atoms with Crippen molar-refractivity contribution in [2.45, 2.75) is 0 Å². The number of nitrogens with zero attached hydrogens (tertiary/aromatic N) is 1. The van der Waals surface area contributed by atoms with Crippen LogP contribution in [0.3, 0.4) is 0 Å². The zero-order valence-corrected chi connectivity index (χ0v) is 20.5. The highest BCUT2D eigenvalue weighted by Gasteiger charge is 2.35. The average molecular weight is 516 g/mol. The summed E-state index contributed by atoms with van der Waals surface area (Å²) < 4.78 is 21.6. The topological polar surface area (TPSA) is 95.3 Å². The molecule has 0 spiro atoms. The van der Waals surface area contributed by atoms with Crippen LogP contribution in [0.5, 0.6) is 17.2 Å². The normalized spacial score (nSPS) is 14.4. The lowest BCUT2D eigenvalue weighted by Gasteiger charge is -2.14. The highest BCUT2D eigenvalue weighted by Crippen LogP contribution is 2.35. The molecule has 5 rings (SSSR count). The lowest BCUT2D eigenvalue weighted by Crippen LogP contribution is -2.32. The molecule has 2 amide bonds. The predicted molar refractivity (Wildman–Crippen MR) is 139 cm³/mol. The molecule has 1 aliphatic rings. The van der Waals surface area contributed by atoms with Crippen LogP contribution in [0.15, 0.2) is 88.4 Å².